The van der Waals surface area contributed by atoms with Crippen LogP contribution in [0.1, 0.15) is 50.5 Å². The van der Waals surface area contributed by atoms with E-state index in [1.807, 2.05) is 24.3 Å². The molecule has 0 spiro atoms. The molecule has 0 aliphatic heterocycles. The van der Waals surface area contributed by atoms with Crippen molar-refractivity contribution in [2.75, 3.05) is 7.11 Å². The molecule has 1 aliphatic rings. The fourth-order valence-electron chi connectivity index (χ4n) is 2.94. The second-order valence-corrected chi connectivity index (χ2v) is 5.23. The molecule has 98 valence electrons. The average Bonchev–Trinajstić information content (AvgIpc) is 2.40. The first kappa shape index (κ1) is 13.1. The van der Waals surface area contributed by atoms with Gasteiger partial charge in [-0.2, -0.15) is 0 Å². The maximum Gasteiger partial charge on any atom is 0.140 e. The number of methoxy groups -OCH3 is 1. The number of ether oxygens (including phenoxy) is 1. The maximum atomic E-state index is 12.2. The molecule has 2 heteroatoms. The normalized spacial score (nSPS) is 24.0. The Morgan fingerprint density at radius 3 is 2.50 bits per heavy atom. The minimum Gasteiger partial charge on any atom is -0.497 e. The zero-order valence-electron chi connectivity index (χ0n) is 11.3. The highest BCUT2D eigenvalue weighted by molar-refractivity contribution is 5.86. The Morgan fingerprint density at radius 1 is 1.22 bits per heavy atom. The molecule has 2 nitrogen and oxygen atoms in total. The molecule has 1 aromatic carbocycles. The van der Waals surface area contributed by atoms with Gasteiger partial charge in [0.15, 0.2) is 0 Å². The molecule has 1 aromatic rings. The summed E-state index contributed by atoms with van der Waals surface area (Å²) in [5.74, 6) is 2.01. The molecule has 1 fully saturated rings. The number of hydrogen-bond acceptors (Lipinski definition) is 2. The van der Waals surface area contributed by atoms with E-state index in [1.165, 1.54) is 19.3 Å². The average molecular weight is 246 g/mol. The van der Waals surface area contributed by atoms with E-state index in [9.17, 15) is 4.79 Å². The van der Waals surface area contributed by atoms with Gasteiger partial charge in [0.2, 0.25) is 0 Å². The Morgan fingerprint density at radius 2 is 1.94 bits per heavy atom. The quantitative estimate of drug-likeness (QED) is 0.804. The second-order valence-electron chi connectivity index (χ2n) is 5.23. The summed E-state index contributed by atoms with van der Waals surface area (Å²) < 4.78 is 5.15. The van der Waals surface area contributed by atoms with Gasteiger partial charge in [-0.25, -0.2) is 0 Å². The number of carbonyl (C=O) groups is 1. The first-order valence-electron chi connectivity index (χ1n) is 6.91. The molecule has 0 heterocycles. The molecule has 2 rings (SSSR count). The Labute approximate surface area is 109 Å². The fourth-order valence-corrected chi connectivity index (χ4v) is 2.94. The van der Waals surface area contributed by atoms with Gasteiger partial charge in [-0.1, -0.05) is 31.9 Å². The van der Waals surface area contributed by atoms with Gasteiger partial charge in [0.1, 0.15) is 11.5 Å². The van der Waals surface area contributed by atoms with Crippen molar-refractivity contribution in [3.63, 3.8) is 0 Å². The molecular formula is C16H22O2. The molecule has 2 atom stereocenters. The minimum absolute atomic E-state index is 0.115. The summed E-state index contributed by atoms with van der Waals surface area (Å²) in [5, 5.41) is 0. The van der Waals surface area contributed by atoms with Gasteiger partial charge in [0.25, 0.3) is 0 Å². The number of ketones is 1. The molecule has 0 bridgehead atoms. The van der Waals surface area contributed by atoms with Crippen LogP contribution in [0.15, 0.2) is 24.3 Å². The van der Waals surface area contributed by atoms with Crippen LogP contribution in [-0.4, -0.2) is 12.9 Å². The smallest absolute Gasteiger partial charge is 0.140 e. The predicted octanol–water partition coefficient (Wildman–Crippen LogP) is 3.95. The zero-order chi connectivity index (χ0) is 13.0. The lowest BCUT2D eigenvalue weighted by Crippen LogP contribution is -2.23. The van der Waals surface area contributed by atoms with Crippen LogP contribution in [0.3, 0.4) is 0 Å². The molecule has 0 amide bonds. The van der Waals surface area contributed by atoms with Crippen LogP contribution < -0.4 is 4.74 Å². The van der Waals surface area contributed by atoms with E-state index in [-0.39, 0.29) is 5.92 Å². The SMILES string of the molecule is CCCC1CCC(c2ccc(OC)cc2)C(=O)C1. The predicted molar refractivity (Wildman–Crippen MR) is 73.0 cm³/mol. The van der Waals surface area contributed by atoms with Gasteiger partial charge in [-0.05, 0) is 36.5 Å². The topological polar surface area (TPSA) is 26.3 Å². The van der Waals surface area contributed by atoms with Crippen molar-refractivity contribution in [2.24, 2.45) is 5.92 Å². The van der Waals surface area contributed by atoms with E-state index in [2.05, 4.69) is 6.92 Å². The van der Waals surface area contributed by atoms with E-state index in [0.29, 0.717) is 11.7 Å². The van der Waals surface area contributed by atoms with Crippen LogP contribution in [0.4, 0.5) is 0 Å². The Kier molecular flexibility index (Phi) is 4.40. The summed E-state index contributed by atoms with van der Waals surface area (Å²) >= 11 is 0. The Bertz CT molecular complexity index is 394. The number of carbonyl (C=O) groups excluding carboxylic acids is 1. The van der Waals surface area contributed by atoms with Gasteiger partial charge >= 0.3 is 0 Å². The summed E-state index contributed by atoms with van der Waals surface area (Å²) in [6, 6.07) is 7.95. The van der Waals surface area contributed by atoms with E-state index >= 15 is 0 Å². The first-order chi connectivity index (χ1) is 8.74. The van der Waals surface area contributed by atoms with Gasteiger partial charge in [-0.15, -0.1) is 0 Å². The lowest BCUT2D eigenvalue weighted by molar-refractivity contribution is -0.123. The van der Waals surface area contributed by atoms with Crippen molar-refractivity contribution in [2.45, 2.75) is 44.9 Å². The minimum atomic E-state index is 0.115. The molecule has 1 aliphatic carbocycles. The van der Waals surface area contributed by atoms with Crippen LogP contribution in [-0.2, 0) is 4.79 Å². The number of Topliss-reactive ketones (excluding diaryl/α,β-unsaturated/α-hetero) is 1. The molecular weight excluding hydrogens is 224 g/mol. The highest BCUT2D eigenvalue weighted by Crippen LogP contribution is 2.35. The van der Waals surface area contributed by atoms with E-state index in [1.54, 1.807) is 7.11 Å². The highest BCUT2D eigenvalue weighted by Gasteiger charge is 2.28. The van der Waals surface area contributed by atoms with Gasteiger partial charge < -0.3 is 4.74 Å². The Balaban J connectivity index is 2.03. The molecule has 2 unspecified atom stereocenters. The van der Waals surface area contributed by atoms with Gasteiger partial charge in [0.05, 0.1) is 7.11 Å². The van der Waals surface area contributed by atoms with E-state index in [4.69, 9.17) is 4.74 Å². The van der Waals surface area contributed by atoms with Crippen molar-refractivity contribution in [1.29, 1.82) is 0 Å². The largest absolute Gasteiger partial charge is 0.497 e. The molecule has 18 heavy (non-hydrogen) atoms. The van der Waals surface area contributed by atoms with Crippen LogP contribution in [0, 0.1) is 5.92 Å². The van der Waals surface area contributed by atoms with Crippen LogP contribution in [0.2, 0.25) is 0 Å². The number of benzene rings is 1. The van der Waals surface area contributed by atoms with Crippen molar-refractivity contribution < 1.29 is 9.53 Å². The zero-order valence-corrected chi connectivity index (χ0v) is 11.3. The summed E-state index contributed by atoms with van der Waals surface area (Å²) in [4.78, 5) is 12.2. The van der Waals surface area contributed by atoms with Crippen molar-refractivity contribution in [3.05, 3.63) is 29.8 Å². The van der Waals surface area contributed by atoms with E-state index < -0.39 is 0 Å². The van der Waals surface area contributed by atoms with Gasteiger partial charge in [0, 0.05) is 12.3 Å². The molecule has 0 aromatic heterocycles. The first-order valence-corrected chi connectivity index (χ1v) is 6.91. The molecule has 1 saturated carbocycles. The standard InChI is InChI=1S/C16H22O2/c1-3-4-12-5-10-15(16(17)11-12)13-6-8-14(18-2)9-7-13/h6-9,12,15H,3-5,10-11H2,1-2H3. The summed E-state index contributed by atoms with van der Waals surface area (Å²) in [6.07, 6.45) is 5.35. The number of hydrogen-bond donors (Lipinski definition) is 0. The van der Waals surface area contributed by atoms with Crippen LogP contribution >= 0.6 is 0 Å². The van der Waals surface area contributed by atoms with E-state index in [0.717, 1.165) is 24.2 Å². The third-order valence-electron chi connectivity index (χ3n) is 3.96. The fraction of sp³-hybridized carbons (Fsp3) is 0.562. The van der Waals surface area contributed by atoms with Crippen LogP contribution in [0.25, 0.3) is 0 Å². The molecule has 0 N–H and O–H groups in total. The highest BCUT2D eigenvalue weighted by atomic mass is 16.5. The summed E-state index contributed by atoms with van der Waals surface area (Å²) in [7, 11) is 1.66. The second kappa shape index (κ2) is 6.03. The third-order valence-corrected chi connectivity index (χ3v) is 3.96. The maximum absolute atomic E-state index is 12.2. The molecule has 0 radical (unpaired) electrons. The summed E-state index contributed by atoms with van der Waals surface area (Å²) in [5.41, 5.74) is 1.15. The third kappa shape index (κ3) is 2.92. The lowest BCUT2D eigenvalue weighted by atomic mass is 9.76. The van der Waals surface area contributed by atoms with Crippen LogP contribution in [0.5, 0.6) is 5.75 Å². The van der Waals surface area contributed by atoms with Crippen molar-refractivity contribution >= 4 is 5.78 Å². The summed E-state index contributed by atoms with van der Waals surface area (Å²) in [6.45, 7) is 2.19. The molecule has 0 saturated heterocycles. The van der Waals surface area contributed by atoms with Crippen molar-refractivity contribution in [1.82, 2.24) is 0 Å². The van der Waals surface area contributed by atoms with Gasteiger partial charge in [-0.3, -0.25) is 4.79 Å². The van der Waals surface area contributed by atoms with Crippen molar-refractivity contribution in [3.8, 4) is 5.75 Å². The Hall–Kier alpha value is -1.31. The lowest BCUT2D eigenvalue weighted by Gasteiger charge is -2.27. The monoisotopic (exact) mass is 246 g/mol. The number of rotatable bonds is 4.